The lowest BCUT2D eigenvalue weighted by Crippen LogP contribution is -2.71. The molecule has 4 heterocycles. The number of amides is 3. The summed E-state index contributed by atoms with van der Waals surface area (Å²) in [7, 11) is 1.50. The van der Waals surface area contributed by atoms with Crippen LogP contribution in [-0.2, 0) is 19.2 Å². The van der Waals surface area contributed by atoms with Gasteiger partial charge in [0.05, 0.1) is 7.11 Å². The number of nitrogens with two attached hydrogens (primary N) is 1. The van der Waals surface area contributed by atoms with Crippen LogP contribution in [0.1, 0.15) is 17.7 Å². The van der Waals surface area contributed by atoms with E-state index in [1.165, 1.54) is 24.3 Å². The van der Waals surface area contributed by atoms with Crippen LogP contribution in [0.25, 0.3) is 5.57 Å². The van der Waals surface area contributed by atoms with Crippen LogP contribution in [0.5, 0.6) is 5.75 Å². The second kappa shape index (κ2) is 10.4. The molecule has 15 heteroatoms. The normalized spacial score (nSPS) is 22.2. The molecule has 3 aliphatic rings. The first-order valence-electron chi connectivity index (χ1n) is 11.6. The molecule has 0 bridgehead atoms. The molecule has 3 aliphatic heterocycles. The molecule has 3 amide bonds. The van der Waals surface area contributed by atoms with E-state index < -0.39 is 34.9 Å². The Hall–Kier alpha value is -4.37. The van der Waals surface area contributed by atoms with Gasteiger partial charge in [-0.25, -0.2) is 9.78 Å². The lowest BCUT2D eigenvalue weighted by atomic mass is 9.89. The second-order valence-corrected chi connectivity index (χ2v) is 10.6. The number of carboxylic acids is 1. The van der Waals surface area contributed by atoms with Gasteiger partial charge in [-0.05, 0) is 29.7 Å². The molecule has 202 valence electrons. The average molecular weight is 571 g/mol. The fraction of sp³-hybridized carbons (Fsp3) is 0.250. The van der Waals surface area contributed by atoms with E-state index in [1.54, 1.807) is 24.3 Å². The third-order valence-electron chi connectivity index (χ3n) is 6.43. The van der Waals surface area contributed by atoms with E-state index in [0.717, 1.165) is 16.2 Å². The van der Waals surface area contributed by atoms with E-state index >= 15 is 0 Å². The minimum atomic E-state index is -1.34. The van der Waals surface area contributed by atoms with Gasteiger partial charge in [0, 0.05) is 28.8 Å². The zero-order valence-electron chi connectivity index (χ0n) is 20.3. The van der Waals surface area contributed by atoms with E-state index in [1.807, 2.05) is 0 Å². The minimum absolute atomic E-state index is 0.0372. The zero-order valence-corrected chi connectivity index (χ0v) is 22.0. The number of β-lactam (4-membered cyclic amide) rings is 1. The number of carboxylic acid groups (broad SMARTS) is 1. The number of oxime groups is 1. The summed E-state index contributed by atoms with van der Waals surface area (Å²) in [6, 6.07) is 5.85. The standard InChI is InChI=1S/C24H22N6O7S2/c1-37-11-4-2-3-10(7-11)15(12-5-6-26-19(12)31)13-8-38-22-17(21(33)30(22)18(13)23(34)35)28-20(32)16(29-36)14-9-39-24(25)27-14/h2-4,7,9,17,22,36H,5-6,8H2,1H3,(H2,25,27)(H,26,31)(H,28,32)(H,34,35)/t17-,22-/m1/s1. The largest absolute Gasteiger partial charge is 0.497 e. The average Bonchev–Trinajstić information content (AvgIpc) is 3.55. The predicted molar refractivity (Wildman–Crippen MR) is 142 cm³/mol. The van der Waals surface area contributed by atoms with Crippen molar-refractivity contribution in [1.82, 2.24) is 20.5 Å². The molecular formula is C24H22N6O7S2. The molecule has 2 fully saturated rings. The number of anilines is 1. The third kappa shape index (κ3) is 4.59. The number of nitrogens with one attached hydrogen (secondary N) is 2. The van der Waals surface area contributed by atoms with Gasteiger partial charge in [0.25, 0.3) is 11.8 Å². The molecule has 13 nitrogen and oxygen atoms in total. The Morgan fingerprint density at radius 3 is 2.74 bits per heavy atom. The van der Waals surface area contributed by atoms with Gasteiger partial charge >= 0.3 is 5.97 Å². The highest BCUT2D eigenvalue weighted by atomic mass is 32.2. The van der Waals surface area contributed by atoms with E-state index in [4.69, 9.17) is 10.5 Å². The molecule has 0 saturated carbocycles. The lowest BCUT2D eigenvalue weighted by molar-refractivity contribution is -0.150. The number of nitrogen functional groups attached to an aromatic ring is 1. The quantitative estimate of drug-likeness (QED) is 0.103. The summed E-state index contributed by atoms with van der Waals surface area (Å²) in [4.78, 5) is 56.3. The van der Waals surface area contributed by atoms with Crippen LogP contribution in [0.2, 0.25) is 0 Å². The number of ether oxygens (including phenoxy) is 1. The summed E-state index contributed by atoms with van der Waals surface area (Å²) in [6.45, 7) is 0.406. The fourth-order valence-electron chi connectivity index (χ4n) is 4.70. The van der Waals surface area contributed by atoms with Gasteiger partial charge in [0.1, 0.15) is 28.6 Å². The first-order chi connectivity index (χ1) is 18.7. The van der Waals surface area contributed by atoms with Crippen LogP contribution in [-0.4, -0.2) is 80.4 Å². The summed E-state index contributed by atoms with van der Waals surface area (Å²) < 4.78 is 5.33. The van der Waals surface area contributed by atoms with Crippen molar-refractivity contribution in [3.05, 3.63) is 57.7 Å². The number of aromatic nitrogens is 1. The molecule has 2 atom stereocenters. The van der Waals surface area contributed by atoms with Crippen LogP contribution in [0.3, 0.4) is 0 Å². The summed E-state index contributed by atoms with van der Waals surface area (Å²) in [5, 5.41) is 28.7. The van der Waals surface area contributed by atoms with Crippen LogP contribution in [0, 0.1) is 0 Å². The van der Waals surface area contributed by atoms with Gasteiger partial charge in [-0.2, -0.15) is 0 Å². The number of nitrogens with zero attached hydrogens (tertiary/aromatic N) is 3. The molecule has 1 aromatic carbocycles. The minimum Gasteiger partial charge on any atom is -0.497 e. The van der Waals surface area contributed by atoms with Crippen LogP contribution >= 0.6 is 23.1 Å². The number of thiazole rings is 1. The Kier molecular flexibility index (Phi) is 7.01. The SMILES string of the molecule is COc1cccc(C(=C2CCNC2=O)C2=C(C(=O)O)N3C(=O)[C@@H](NC(=O)C(=NO)c4csc(N)n4)[C@H]3SC2)c1. The molecule has 0 spiro atoms. The number of aliphatic carboxylic acids is 1. The molecule has 1 aromatic heterocycles. The monoisotopic (exact) mass is 570 g/mol. The van der Waals surface area contributed by atoms with Crippen LogP contribution < -0.4 is 21.1 Å². The highest BCUT2D eigenvalue weighted by molar-refractivity contribution is 8.00. The van der Waals surface area contributed by atoms with Crippen molar-refractivity contribution in [3.8, 4) is 5.75 Å². The highest BCUT2D eigenvalue weighted by Gasteiger charge is 2.55. The van der Waals surface area contributed by atoms with Gasteiger partial charge in [-0.15, -0.1) is 23.1 Å². The van der Waals surface area contributed by atoms with Gasteiger partial charge < -0.3 is 31.4 Å². The van der Waals surface area contributed by atoms with Gasteiger partial charge in [0.15, 0.2) is 10.8 Å². The zero-order chi connectivity index (χ0) is 27.8. The Morgan fingerprint density at radius 1 is 1.33 bits per heavy atom. The van der Waals surface area contributed by atoms with Crippen LogP contribution in [0.4, 0.5) is 5.13 Å². The molecule has 0 aliphatic carbocycles. The first-order valence-corrected chi connectivity index (χ1v) is 13.5. The number of thioether (sulfide) groups is 1. The fourth-order valence-corrected chi connectivity index (χ4v) is 6.60. The molecule has 6 N–H and O–H groups in total. The number of rotatable bonds is 7. The molecule has 2 saturated heterocycles. The van der Waals surface area contributed by atoms with E-state index in [0.29, 0.717) is 41.0 Å². The number of hydrogen-bond acceptors (Lipinski definition) is 11. The number of fused-ring (bicyclic) bond motifs is 1. The summed E-state index contributed by atoms with van der Waals surface area (Å²) in [5.41, 5.74) is 6.69. The summed E-state index contributed by atoms with van der Waals surface area (Å²) in [5.74, 6) is -2.51. The van der Waals surface area contributed by atoms with Crippen molar-refractivity contribution in [2.24, 2.45) is 5.16 Å². The van der Waals surface area contributed by atoms with Gasteiger partial charge in [-0.3, -0.25) is 19.3 Å². The highest BCUT2D eigenvalue weighted by Crippen LogP contribution is 2.45. The molecule has 0 radical (unpaired) electrons. The van der Waals surface area contributed by atoms with Gasteiger partial charge in [0.2, 0.25) is 5.91 Å². The van der Waals surface area contributed by atoms with Crippen molar-refractivity contribution in [2.75, 3.05) is 25.1 Å². The lowest BCUT2D eigenvalue weighted by Gasteiger charge is -2.49. The number of hydrogen-bond donors (Lipinski definition) is 5. The summed E-state index contributed by atoms with van der Waals surface area (Å²) in [6.07, 6.45) is 0.382. The number of carbonyl (C=O) groups excluding carboxylic acids is 3. The van der Waals surface area contributed by atoms with Crippen molar-refractivity contribution < 1.29 is 34.2 Å². The first kappa shape index (κ1) is 26.2. The molecule has 39 heavy (non-hydrogen) atoms. The topological polar surface area (TPSA) is 197 Å². The second-order valence-electron chi connectivity index (χ2n) is 8.60. The van der Waals surface area contributed by atoms with Crippen molar-refractivity contribution in [1.29, 1.82) is 0 Å². The van der Waals surface area contributed by atoms with Crippen molar-refractivity contribution in [2.45, 2.75) is 17.8 Å². The smallest absolute Gasteiger partial charge is 0.352 e. The van der Waals surface area contributed by atoms with E-state index in [-0.39, 0.29) is 28.2 Å². The maximum absolute atomic E-state index is 13.2. The number of carbonyl (C=O) groups is 4. The summed E-state index contributed by atoms with van der Waals surface area (Å²) >= 11 is 2.29. The molecular weight excluding hydrogens is 548 g/mol. The molecule has 0 unspecified atom stereocenters. The Morgan fingerprint density at radius 2 is 2.13 bits per heavy atom. The Bertz CT molecular complexity index is 1500. The van der Waals surface area contributed by atoms with Crippen molar-refractivity contribution >= 4 is 63.2 Å². The number of benzene rings is 1. The van der Waals surface area contributed by atoms with Crippen molar-refractivity contribution in [3.63, 3.8) is 0 Å². The maximum Gasteiger partial charge on any atom is 0.352 e. The van der Waals surface area contributed by atoms with Gasteiger partial charge in [-0.1, -0.05) is 17.3 Å². The number of allylic oxidation sites excluding steroid dienone is 1. The van der Waals surface area contributed by atoms with Crippen LogP contribution in [0.15, 0.2) is 51.6 Å². The third-order valence-corrected chi connectivity index (χ3v) is 8.39. The predicted octanol–water partition coefficient (Wildman–Crippen LogP) is 0.625. The van der Waals surface area contributed by atoms with E-state index in [2.05, 4.69) is 20.8 Å². The van der Waals surface area contributed by atoms with E-state index in [9.17, 15) is 29.5 Å². The number of methoxy groups -OCH3 is 1. The molecule has 2 aromatic rings. The molecule has 5 rings (SSSR count). The Labute approximate surface area is 229 Å². The Balaban J connectivity index is 1.50. The maximum atomic E-state index is 13.2.